The number of halogens is 1. The molecule has 98 valence electrons. The van der Waals surface area contributed by atoms with E-state index in [0.29, 0.717) is 17.1 Å². The number of nitrogens with two attached hydrogens (primary N) is 2. The molecular weight excluding hydrogens is 251 g/mol. The molecule has 0 aliphatic rings. The molecule has 0 saturated carbocycles. The predicted molar refractivity (Wildman–Crippen MR) is 67.4 cm³/mol. The maximum absolute atomic E-state index is 13.6. The second-order valence-electron chi connectivity index (χ2n) is 3.80. The number of primary amides is 1. The number of carbonyl (C=O) groups excluding carboxylic acids is 2. The third-order valence-corrected chi connectivity index (χ3v) is 2.60. The maximum atomic E-state index is 13.6. The van der Waals surface area contributed by atoms with Gasteiger partial charge < -0.3 is 10.7 Å². The van der Waals surface area contributed by atoms with Gasteiger partial charge in [-0.15, -0.1) is 0 Å². The molecule has 6 nitrogen and oxygen atoms in total. The molecule has 1 heterocycles. The van der Waals surface area contributed by atoms with E-state index in [9.17, 15) is 14.0 Å². The number of H-pyrrole nitrogens is 1. The van der Waals surface area contributed by atoms with E-state index in [4.69, 9.17) is 11.6 Å². The largest absolute Gasteiger partial charge is 0.365 e. The number of amides is 2. The van der Waals surface area contributed by atoms with Crippen LogP contribution in [0.2, 0.25) is 0 Å². The molecule has 0 saturated heterocycles. The molecule has 0 atom stereocenters. The number of nitrogens with one attached hydrogen (secondary N) is 1. The van der Waals surface area contributed by atoms with E-state index >= 15 is 0 Å². The number of hydrogen-bond donors (Lipinski definition) is 3. The lowest BCUT2D eigenvalue weighted by Crippen LogP contribution is -2.31. The summed E-state index contributed by atoms with van der Waals surface area (Å²) in [6.45, 7) is 0. The Morgan fingerprint density at radius 3 is 2.63 bits per heavy atom. The SMILES string of the molecule is NC(=O)c1cc(-c2ccccc2F)[nH]c1N(N)C=O. The van der Waals surface area contributed by atoms with E-state index in [2.05, 4.69) is 4.98 Å². The summed E-state index contributed by atoms with van der Waals surface area (Å²) in [5.74, 6) is 4.17. The first kappa shape index (κ1) is 12.8. The predicted octanol–water partition coefficient (Wildman–Crippen LogP) is 0.756. The topological polar surface area (TPSA) is 105 Å². The van der Waals surface area contributed by atoms with Crippen molar-refractivity contribution in [3.63, 3.8) is 0 Å². The molecule has 7 heteroatoms. The molecule has 0 fully saturated rings. The first-order valence-electron chi connectivity index (χ1n) is 5.31. The highest BCUT2D eigenvalue weighted by molar-refractivity contribution is 6.01. The molecule has 0 bridgehead atoms. The van der Waals surface area contributed by atoms with Gasteiger partial charge in [-0.1, -0.05) is 12.1 Å². The van der Waals surface area contributed by atoms with E-state index in [1.807, 2.05) is 0 Å². The molecule has 5 N–H and O–H groups in total. The Hall–Kier alpha value is -2.67. The van der Waals surface area contributed by atoms with E-state index in [0.717, 1.165) is 0 Å². The summed E-state index contributed by atoms with van der Waals surface area (Å²) >= 11 is 0. The quantitative estimate of drug-likeness (QED) is 0.328. The van der Waals surface area contributed by atoms with Gasteiger partial charge in [0.15, 0.2) is 0 Å². The molecule has 0 aliphatic carbocycles. The fourth-order valence-corrected chi connectivity index (χ4v) is 1.71. The Kier molecular flexibility index (Phi) is 3.30. The zero-order valence-electron chi connectivity index (χ0n) is 9.76. The van der Waals surface area contributed by atoms with Crippen molar-refractivity contribution in [1.29, 1.82) is 0 Å². The third-order valence-electron chi connectivity index (χ3n) is 2.60. The smallest absolute Gasteiger partial charge is 0.252 e. The van der Waals surface area contributed by atoms with Crippen molar-refractivity contribution in [2.45, 2.75) is 0 Å². The molecule has 1 aromatic heterocycles. The van der Waals surface area contributed by atoms with Crippen LogP contribution in [0.3, 0.4) is 0 Å². The van der Waals surface area contributed by atoms with Crippen molar-refractivity contribution in [3.8, 4) is 11.3 Å². The summed E-state index contributed by atoms with van der Waals surface area (Å²) in [4.78, 5) is 24.6. The summed E-state index contributed by atoms with van der Waals surface area (Å²) in [6, 6.07) is 7.33. The average molecular weight is 262 g/mol. The van der Waals surface area contributed by atoms with Crippen LogP contribution in [0.25, 0.3) is 11.3 Å². The standard InChI is InChI=1S/C12H11FN4O2/c13-9-4-2-1-3-7(9)10-5-8(11(14)19)12(16-10)17(15)6-18/h1-6,16H,15H2,(H2,14,19). The van der Waals surface area contributed by atoms with Gasteiger partial charge in [-0.2, -0.15) is 0 Å². The number of anilines is 1. The second-order valence-corrected chi connectivity index (χ2v) is 3.80. The third kappa shape index (κ3) is 2.31. The van der Waals surface area contributed by atoms with Gasteiger partial charge in [-0.25, -0.2) is 15.2 Å². The minimum absolute atomic E-state index is 0.00727. The van der Waals surface area contributed by atoms with Gasteiger partial charge >= 0.3 is 0 Å². The van der Waals surface area contributed by atoms with Gasteiger partial charge in [0.25, 0.3) is 5.91 Å². The zero-order chi connectivity index (χ0) is 14.0. The van der Waals surface area contributed by atoms with Gasteiger partial charge in [0.2, 0.25) is 6.41 Å². The number of benzene rings is 1. The Morgan fingerprint density at radius 2 is 2.05 bits per heavy atom. The van der Waals surface area contributed by atoms with Gasteiger partial charge in [0.1, 0.15) is 11.6 Å². The van der Waals surface area contributed by atoms with E-state index < -0.39 is 11.7 Å². The highest BCUT2D eigenvalue weighted by Crippen LogP contribution is 2.27. The number of carbonyl (C=O) groups is 2. The van der Waals surface area contributed by atoms with Crippen molar-refractivity contribution in [2.75, 3.05) is 5.01 Å². The Balaban J connectivity index is 2.58. The number of nitrogens with zero attached hydrogens (tertiary/aromatic N) is 1. The molecule has 1 aromatic carbocycles. The monoisotopic (exact) mass is 262 g/mol. The van der Waals surface area contributed by atoms with Crippen LogP contribution in [0.4, 0.5) is 10.2 Å². The first-order valence-corrected chi connectivity index (χ1v) is 5.31. The summed E-state index contributed by atoms with van der Waals surface area (Å²) in [7, 11) is 0. The molecule has 0 unspecified atom stereocenters. The van der Waals surface area contributed by atoms with Crippen LogP contribution < -0.4 is 16.6 Å². The van der Waals surface area contributed by atoms with Crippen molar-refractivity contribution >= 4 is 18.1 Å². The molecule has 2 aromatic rings. The summed E-state index contributed by atoms with van der Waals surface area (Å²) in [5.41, 5.74) is 5.74. The minimum atomic E-state index is -0.772. The molecule has 0 spiro atoms. The molecule has 2 rings (SSSR count). The average Bonchev–Trinajstić information content (AvgIpc) is 2.83. The lowest BCUT2D eigenvalue weighted by atomic mass is 10.1. The summed E-state index contributed by atoms with van der Waals surface area (Å²) in [5, 5.41) is 0.671. The fourth-order valence-electron chi connectivity index (χ4n) is 1.71. The molecule has 0 radical (unpaired) electrons. The molecular formula is C12H11FN4O2. The highest BCUT2D eigenvalue weighted by atomic mass is 19.1. The van der Waals surface area contributed by atoms with Gasteiger partial charge in [0, 0.05) is 5.56 Å². The first-order chi connectivity index (χ1) is 9.04. The van der Waals surface area contributed by atoms with Crippen molar-refractivity contribution in [2.24, 2.45) is 11.6 Å². The van der Waals surface area contributed by atoms with Gasteiger partial charge in [-0.05, 0) is 18.2 Å². The number of aromatic nitrogens is 1. The van der Waals surface area contributed by atoms with Crippen LogP contribution in [0.15, 0.2) is 30.3 Å². The van der Waals surface area contributed by atoms with Crippen LogP contribution in [-0.2, 0) is 4.79 Å². The van der Waals surface area contributed by atoms with Crippen LogP contribution >= 0.6 is 0 Å². The van der Waals surface area contributed by atoms with E-state index in [-0.39, 0.29) is 16.9 Å². The van der Waals surface area contributed by atoms with E-state index in [1.165, 1.54) is 18.2 Å². The van der Waals surface area contributed by atoms with Crippen molar-refractivity contribution in [3.05, 3.63) is 41.7 Å². The van der Waals surface area contributed by atoms with E-state index in [1.54, 1.807) is 12.1 Å². The zero-order valence-corrected chi connectivity index (χ0v) is 9.76. The number of rotatable bonds is 4. The fraction of sp³-hybridized carbons (Fsp3) is 0. The Bertz CT molecular complexity index is 638. The Morgan fingerprint density at radius 1 is 1.37 bits per heavy atom. The molecule has 2 amide bonds. The van der Waals surface area contributed by atoms with Crippen molar-refractivity contribution < 1.29 is 14.0 Å². The molecule has 0 aliphatic heterocycles. The van der Waals surface area contributed by atoms with Crippen LogP contribution in [0, 0.1) is 5.82 Å². The van der Waals surface area contributed by atoms with Gasteiger partial charge in [-0.3, -0.25) is 9.59 Å². The Labute approximate surface area is 107 Å². The molecule has 19 heavy (non-hydrogen) atoms. The lowest BCUT2D eigenvalue weighted by Gasteiger charge is -2.08. The number of hydrogen-bond acceptors (Lipinski definition) is 3. The minimum Gasteiger partial charge on any atom is -0.365 e. The summed E-state index contributed by atoms with van der Waals surface area (Å²) < 4.78 is 13.6. The lowest BCUT2D eigenvalue weighted by molar-refractivity contribution is -0.107. The summed E-state index contributed by atoms with van der Waals surface area (Å²) in [6.07, 6.45) is 0.309. The second kappa shape index (κ2) is 4.91. The van der Waals surface area contributed by atoms with Crippen LogP contribution in [0.5, 0.6) is 0 Å². The maximum Gasteiger partial charge on any atom is 0.252 e. The van der Waals surface area contributed by atoms with Crippen LogP contribution in [0.1, 0.15) is 10.4 Å². The highest BCUT2D eigenvalue weighted by Gasteiger charge is 2.18. The van der Waals surface area contributed by atoms with Gasteiger partial charge in [0.05, 0.1) is 11.3 Å². The van der Waals surface area contributed by atoms with Crippen molar-refractivity contribution in [1.82, 2.24) is 4.98 Å². The van der Waals surface area contributed by atoms with Crippen LogP contribution in [-0.4, -0.2) is 17.3 Å². The number of hydrazine groups is 1. The number of aromatic amines is 1. The normalized spacial score (nSPS) is 10.2.